The zero-order chi connectivity index (χ0) is 13.1. The van der Waals surface area contributed by atoms with Crippen LogP contribution in [0.25, 0.3) is 0 Å². The van der Waals surface area contributed by atoms with E-state index in [1.807, 2.05) is 0 Å². The molecule has 1 aliphatic carbocycles. The highest BCUT2D eigenvalue weighted by atomic mass is 15.2. The van der Waals surface area contributed by atoms with E-state index in [1.165, 1.54) is 0 Å². The van der Waals surface area contributed by atoms with Crippen LogP contribution in [0.5, 0.6) is 0 Å². The minimum absolute atomic E-state index is 0.410. The lowest BCUT2D eigenvalue weighted by atomic mass is 9.95. The molecule has 0 spiro atoms. The molecule has 0 saturated heterocycles. The Morgan fingerprint density at radius 2 is 2.06 bits per heavy atom. The highest BCUT2D eigenvalue weighted by molar-refractivity contribution is 5.14. The average Bonchev–Trinajstić information content (AvgIpc) is 3.08. The van der Waals surface area contributed by atoms with Crippen molar-refractivity contribution >= 4 is 0 Å². The maximum atomic E-state index is 9.29. The van der Waals surface area contributed by atoms with Gasteiger partial charge >= 0.3 is 0 Å². The van der Waals surface area contributed by atoms with E-state index >= 15 is 0 Å². The van der Waals surface area contributed by atoms with E-state index in [4.69, 9.17) is 5.73 Å². The van der Waals surface area contributed by atoms with Crippen molar-refractivity contribution in [1.29, 1.82) is 5.26 Å². The van der Waals surface area contributed by atoms with Gasteiger partial charge < -0.3 is 10.6 Å². The fraction of sp³-hybridized carbons (Fsp3) is 0.923. The van der Waals surface area contributed by atoms with Crippen LogP contribution >= 0.6 is 0 Å². The SMILES string of the molecule is CCN(CC(N)(C#N)C1CC1)C(C)CN(C)C. The zero-order valence-corrected chi connectivity index (χ0v) is 11.6. The van der Waals surface area contributed by atoms with Crippen molar-refractivity contribution in [3.05, 3.63) is 0 Å². The van der Waals surface area contributed by atoms with Gasteiger partial charge in [0.2, 0.25) is 0 Å². The van der Waals surface area contributed by atoms with E-state index in [9.17, 15) is 5.26 Å². The third-order valence-electron chi connectivity index (χ3n) is 3.64. The average molecular weight is 238 g/mol. The summed E-state index contributed by atoms with van der Waals surface area (Å²) in [6.45, 7) is 6.98. The first-order valence-corrected chi connectivity index (χ1v) is 6.52. The van der Waals surface area contributed by atoms with Crippen molar-refractivity contribution < 1.29 is 0 Å². The maximum Gasteiger partial charge on any atom is 0.119 e. The summed E-state index contributed by atoms with van der Waals surface area (Å²) in [4.78, 5) is 4.50. The molecule has 4 nitrogen and oxygen atoms in total. The Bertz CT molecular complexity index is 280. The standard InChI is InChI=1S/C13H26N4/c1-5-17(11(2)8-16(3)4)10-13(15,9-14)12-6-7-12/h11-12H,5-8,10,15H2,1-4H3. The molecular weight excluding hydrogens is 212 g/mol. The van der Waals surface area contributed by atoms with Crippen molar-refractivity contribution in [2.75, 3.05) is 33.7 Å². The highest BCUT2D eigenvalue weighted by Crippen LogP contribution is 2.38. The molecule has 4 heteroatoms. The minimum atomic E-state index is -0.642. The number of nitrogens with zero attached hydrogens (tertiary/aromatic N) is 3. The van der Waals surface area contributed by atoms with Crippen LogP contribution in [0.2, 0.25) is 0 Å². The molecule has 0 aromatic rings. The van der Waals surface area contributed by atoms with Gasteiger partial charge in [-0.3, -0.25) is 4.90 Å². The summed E-state index contributed by atoms with van der Waals surface area (Å²) < 4.78 is 0. The molecule has 0 aromatic heterocycles. The van der Waals surface area contributed by atoms with Crippen molar-refractivity contribution in [2.45, 2.75) is 38.3 Å². The van der Waals surface area contributed by atoms with Gasteiger partial charge in [-0.15, -0.1) is 0 Å². The van der Waals surface area contributed by atoms with Crippen LogP contribution in [-0.4, -0.2) is 55.1 Å². The van der Waals surface area contributed by atoms with Gasteiger partial charge in [-0.1, -0.05) is 6.92 Å². The van der Waals surface area contributed by atoms with Crippen molar-refractivity contribution in [3.8, 4) is 6.07 Å². The molecule has 0 heterocycles. The van der Waals surface area contributed by atoms with Crippen LogP contribution in [0.15, 0.2) is 0 Å². The van der Waals surface area contributed by atoms with Gasteiger partial charge in [0, 0.05) is 19.1 Å². The van der Waals surface area contributed by atoms with Crippen LogP contribution in [0.1, 0.15) is 26.7 Å². The quantitative estimate of drug-likeness (QED) is 0.715. The number of nitrogens with two attached hydrogens (primary N) is 1. The summed E-state index contributed by atoms with van der Waals surface area (Å²) in [7, 11) is 4.15. The lowest BCUT2D eigenvalue weighted by molar-refractivity contribution is 0.152. The number of nitriles is 1. The summed E-state index contributed by atoms with van der Waals surface area (Å²) in [5.41, 5.74) is 5.59. The largest absolute Gasteiger partial charge is 0.312 e. The van der Waals surface area contributed by atoms with Gasteiger partial charge in [0.1, 0.15) is 5.54 Å². The molecule has 2 atom stereocenters. The molecule has 1 aliphatic rings. The van der Waals surface area contributed by atoms with E-state index in [0.29, 0.717) is 18.5 Å². The molecule has 0 aliphatic heterocycles. The molecule has 1 saturated carbocycles. The Labute approximate surface area is 105 Å². The first-order valence-electron chi connectivity index (χ1n) is 6.52. The Hall–Kier alpha value is -0.630. The van der Waals surface area contributed by atoms with Gasteiger partial charge in [-0.25, -0.2) is 0 Å². The molecule has 0 bridgehead atoms. The molecule has 2 N–H and O–H groups in total. The van der Waals surface area contributed by atoms with Crippen LogP contribution in [-0.2, 0) is 0 Å². The normalized spacial score (nSPS) is 21.3. The second-order valence-electron chi connectivity index (χ2n) is 5.60. The molecule has 0 radical (unpaired) electrons. The Kier molecular flexibility index (Phi) is 4.93. The maximum absolute atomic E-state index is 9.29. The van der Waals surface area contributed by atoms with Crippen LogP contribution in [0, 0.1) is 17.2 Å². The van der Waals surface area contributed by atoms with Gasteiger partial charge in [0.25, 0.3) is 0 Å². The smallest absolute Gasteiger partial charge is 0.119 e. The van der Waals surface area contributed by atoms with Crippen molar-refractivity contribution in [1.82, 2.24) is 9.80 Å². The predicted octanol–water partition coefficient (Wildman–Crippen LogP) is 0.889. The Morgan fingerprint density at radius 1 is 1.47 bits per heavy atom. The Balaban J connectivity index is 2.59. The molecule has 0 amide bonds. The van der Waals surface area contributed by atoms with E-state index < -0.39 is 5.54 Å². The molecule has 1 rings (SSSR count). The lowest BCUT2D eigenvalue weighted by Gasteiger charge is -2.35. The fourth-order valence-corrected chi connectivity index (χ4v) is 2.41. The van der Waals surface area contributed by atoms with Crippen LogP contribution < -0.4 is 5.73 Å². The monoisotopic (exact) mass is 238 g/mol. The molecular formula is C13H26N4. The summed E-state index contributed by atoms with van der Waals surface area (Å²) in [5, 5.41) is 9.29. The number of hydrogen-bond acceptors (Lipinski definition) is 4. The second kappa shape index (κ2) is 5.81. The van der Waals surface area contributed by atoms with E-state index in [2.05, 4.69) is 43.8 Å². The molecule has 17 heavy (non-hydrogen) atoms. The van der Waals surface area contributed by atoms with E-state index in [1.54, 1.807) is 0 Å². The second-order valence-corrected chi connectivity index (χ2v) is 5.60. The van der Waals surface area contributed by atoms with Gasteiger partial charge in [-0.2, -0.15) is 5.26 Å². The first kappa shape index (κ1) is 14.4. The number of hydrogen-bond donors (Lipinski definition) is 1. The molecule has 98 valence electrons. The minimum Gasteiger partial charge on any atom is -0.312 e. The van der Waals surface area contributed by atoms with Gasteiger partial charge in [-0.05, 0) is 46.3 Å². The summed E-state index contributed by atoms with van der Waals surface area (Å²) >= 11 is 0. The van der Waals surface area contributed by atoms with Crippen molar-refractivity contribution in [3.63, 3.8) is 0 Å². The zero-order valence-electron chi connectivity index (χ0n) is 11.6. The fourth-order valence-electron chi connectivity index (χ4n) is 2.41. The number of rotatable bonds is 7. The molecule has 0 aromatic carbocycles. The van der Waals surface area contributed by atoms with Gasteiger partial charge in [0.15, 0.2) is 0 Å². The lowest BCUT2D eigenvalue weighted by Crippen LogP contribution is -2.54. The highest BCUT2D eigenvalue weighted by Gasteiger charge is 2.44. The third kappa shape index (κ3) is 3.95. The van der Waals surface area contributed by atoms with E-state index in [0.717, 1.165) is 25.9 Å². The molecule has 2 unspecified atom stereocenters. The topological polar surface area (TPSA) is 56.3 Å². The van der Waals surface area contributed by atoms with Crippen LogP contribution in [0.4, 0.5) is 0 Å². The predicted molar refractivity (Wildman–Crippen MR) is 70.5 cm³/mol. The summed E-state index contributed by atoms with van der Waals surface area (Å²) in [6, 6.07) is 2.77. The van der Waals surface area contributed by atoms with Crippen LogP contribution in [0.3, 0.4) is 0 Å². The van der Waals surface area contributed by atoms with E-state index in [-0.39, 0.29) is 0 Å². The summed E-state index contributed by atoms with van der Waals surface area (Å²) in [5.74, 6) is 0.410. The third-order valence-corrected chi connectivity index (χ3v) is 3.64. The summed E-state index contributed by atoms with van der Waals surface area (Å²) in [6.07, 6.45) is 2.23. The number of likely N-dealkylation sites (N-methyl/N-ethyl adjacent to an activating group) is 2. The molecule has 1 fully saturated rings. The Morgan fingerprint density at radius 3 is 2.41 bits per heavy atom. The van der Waals surface area contributed by atoms with Gasteiger partial charge in [0.05, 0.1) is 6.07 Å². The first-order chi connectivity index (χ1) is 7.92. The van der Waals surface area contributed by atoms with Crippen molar-refractivity contribution in [2.24, 2.45) is 11.7 Å².